The number of benzene rings is 1. The highest BCUT2D eigenvalue weighted by molar-refractivity contribution is 6.75. The Morgan fingerprint density at radius 3 is 2.27 bits per heavy atom. The molecule has 0 atom stereocenters. The summed E-state index contributed by atoms with van der Waals surface area (Å²) >= 11 is 0. The fraction of sp³-hybridized carbons (Fsp3) is 0.529. The summed E-state index contributed by atoms with van der Waals surface area (Å²) in [7, 11) is -2.08. The van der Waals surface area contributed by atoms with Crippen molar-refractivity contribution < 1.29 is 18.8 Å². The molecule has 0 saturated heterocycles. The van der Waals surface area contributed by atoms with Crippen molar-refractivity contribution in [3.8, 4) is 0 Å². The molecule has 0 saturated carbocycles. The highest BCUT2D eigenvalue weighted by Crippen LogP contribution is 2.36. The van der Waals surface area contributed by atoms with Gasteiger partial charge in [0, 0.05) is 6.92 Å². The number of esters is 1. The van der Waals surface area contributed by atoms with E-state index in [1.165, 1.54) is 6.92 Å². The second-order valence-corrected chi connectivity index (χ2v) is 11.7. The Kier molecular flexibility index (Phi) is 5.94. The van der Waals surface area contributed by atoms with Crippen LogP contribution in [0.4, 0.5) is 0 Å². The van der Waals surface area contributed by atoms with Gasteiger partial charge in [-0.05, 0) is 29.3 Å². The Bertz CT molecular complexity index is 544. The Morgan fingerprint density at radius 1 is 1.14 bits per heavy atom. The quantitative estimate of drug-likeness (QED) is 0.610. The van der Waals surface area contributed by atoms with E-state index >= 15 is 0 Å². The Morgan fingerprint density at radius 2 is 1.73 bits per heavy atom. The van der Waals surface area contributed by atoms with Gasteiger partial charge in [0.05, 0.1) is 6.42 Å². The van der Waals surface area contributed by atoms with Gasteiger partial charge in [0.25, 0.3) is 14.3 Å². The maximum absolute atomic E-state index is 12.2. The molecule has 1 rings (SSSR count). The smallest absolute Gasteiger partial charge is 0.302 e. The van der Waals surface area contributed by atoms with Crippen LogP contribution in [0.1, 0.15) is 38.8 Å². The molecule has 0 aliphatic carbocycles. The van der Waals surface area contributed by atoms with Crippen LogP contribution in [0.5, 0.6) is 0 Å². The number of ether oxygens (including phenoxy) is 1. The van der Waals surface area contributed by atoms with Crippen LogP contribution in [0.15, 0.2) is 24.3 Å². The molecular formula is C17H26O4Si. The van der Waals surface area contributed by atoms with Crippen LogP contribution in [-0.4, -0.2) is 20.3 Å². The maximum Gasteiger partial charge on any atom is 0.302 e. The van der Waals surface area contributed by atoms with E-state index in [1.54, 1.807) is 0 Å². The molecule has 5 heteroatoms. The Balaban J connectivity index is 2.69. The van der Waals surface area contributed by atoms with Gasteiger partial charge >= 0.3 is 5.97 Å². The van der Waals surface area contributed by atoms with Crippen LogP contribution < -0.4 is 0 Å². The van der Waals surface area contributed by atoms with Gasteiger partial charge in [-0.15, -0.1) is 0 Å². The van der Waals surface area contributed by atoms with E-state index in [0.717, 1.165) is 11.1 Å². The zero-order chi connectivity index (χ0) is 17.0. The zero-order valence-corrected chi connectivity index (χ0v) is 15.4. The molecule has 0 aliphatic heterocycles. The van der Waals surface area contributed by atoms with Gasteiger partial charge in [-0.1, -0.05) is 45.0 Å². The van der Waals surface area contributed by atoms with Gasteiger partial charge in [-0.25, -0.2) is 0 Å². The SMILES string of the molecule is CC(=O)OCc1cccc(CC(=O)O[Si](C)(C)C(C)(C)C)c1. The third-order valence-corrected chi connectivity index (χ3v) is 8.31. The summed E-state index contributed by atoms with van der Waals surface area (Å²) in [4.78, 5) is 23.0. The fourth-order valence-electron chi connectivity index (χ4n) is 1.65. The summed E-state index contributed by atoms with van der Waals surface area (Å²) in [5, 5.41) is -0.000163. The van der Waals surface area contributed by atoms with Crippen molar-refractivity contribution in [3.05, 3.63) is 35.4 Å². The number of carbonyl (C=O) groups is 2. The summed E-state index contributed by atoms with van der Waals surface area (Å²) in [6.07, 6.45) is 0.237. The van der Waals surface area contributed by atoms with E-state index in [4.69, 9.17) is 9.16 Å². The van der Waals surface area contributed by atoms with Gasteiger partial charge < -0.3 is 9.16 Å². The first-order valence-corrected chi connectivity index (χ1v) is 10.3. The molecule has 0 fully saturated rings. The van der Waals surface area contributed by atoms with Gasteiger partial charge in [-0.2, -0.15) is 0 Å². The third-order valence-electron chi connectivity index (χ3n) is 3.96. The van der Waals surface area contributed by atoms with Crippen LogP contribution >= 0.6 is 0 Å². The first-order chi connectivity index (χ1) is 10.0. The van der Waals surface area contributed by atoms with E-state index in [0.29, 0.717) is 0 Å². The van der Waals surface area contributed by atoms with Gasteiger partial charge in [0.15, 0.2) is 0 Å². The predicted octanol–water partition coefficient (Wildman–Crippen LogP) is 3.84. The molecule has 1 aromatic carbocycles. The summed E-state index contributed by atoms with van der Waals surface area (Å²) in [5.41, 5.74) is 1.74. The van der Waals surface area contributed by atoms with Crippen molar-refractivity contribution in [2.24, 2.45) is 0 Å². The minimum Gasteiger partial charge on any atom is -0.519 e. The number of hydrogen-bond donors (Lipinski definition) is 0. The lowest BCUT2D eigenvalue weighted by atomic mass is 10.1. The molecule has 122 valence electrons. The van der Waals surface area contributed by atoms with Gasteiger partial charge in [0.2, 0.25) is 0 Å². The molecule has 0 radical (unpaired) electrons. The number of hydrogen-bond acceptors (Lipinski definition) is 4. The normalized spacial score (nSPS) is 11.9. The average Bonchev–Trinajstić information content (AvgIpc) is 2.34. The highest BCUT2D eigenvalue weighted by atomic mass is 28.4. The first kappa shape index (κ1) is 18.4. The Hall–Kier alpha value is -1.62. The van der Waals surface area contributed by atoms with Crippen molar-refractivity contribution >= 4 is 20.3 Å². The van der Waals surface area contributed by atoms with Crippen LogP contribution in [-0.2, 0) is 31.8 Å². The number of rotatable bonds is 5. The first-order valence-electron chi connectivity index (χ1n) is 7.44. The summed E-state index contributed by atoms with van der Waals surface area (Å²) in [5.74, 6) is -0.515. The van der Waals surface area contributed by atoms with Crippen molar-refractivity contribution in [2.75, 3.05) is 0 Å². The standard InChI is InChI=1S/C17H26O4Si/c1-13(18)20-12-15-9-7-8-14(10-15)11-16(19)21-22(5,6)17(2,3)4/h7-10H,11-12H2,1-6H3. The van der Waals surface area contributed by atoms with Crippen LogP contribution in [0.3, 0.4) is 0 Å². The van der Waals surface area contributed by atoms with E-state index in [9.17, 15) is 9.59 Å². The summed E-state index contributed by atoms with van der Waals surface area (Å²) < 4.78 is 10.7. The predicted molar refractivity (Wildman–Crippen MR) is 88.9 cm³/mol. The molecule has 4 nitrogen and oxygen atoms in total. The highest BCUT2D eigenvalue weighted by Gasteiger charge is 2.40. The molecule has 0 aliphatic rings. The minimum absolute atomic E-state index is 0.000163. The average molecular weight is 322 g/mol. The molecule has 0 aromatic heterocycles. The second-order valence-electron chi connectivity index (χ2n) is 7.01. The molecule has 0 N–H and O–H groups in total. The second kappa shape index (κ2) is 7.09. The lowest BCUT2D eigenvalue weighted by molar-refractivity contribution is -0.142. The fourth-order valence-corrected chi connectivity index (χ4v) is 2.60. The van der Waals surface area contributed by atoms with Crippen molar-refractivity contribution in [2.45, 2.75) is 58.9 Å². The molecule has 1 aromatic rings. The van der Waals surface area contributed by atoms with E-state index < -0.39 is 8.32 Å². The largest absolute Gasteiger partial charge is 0.519 e. The number of carbonyl (C=O) groups excluding carboxylic acids is 2. The Labute approximate surface area is 134 Å². The summed E-state index contributed by atoms with van der Waals surface area (Å²) in [6.45, 7) is 12.0. The molecule has 0 spiro atoms. The maximum atomic E-state index is 12.2. The minimum atomic E-state index is -2.08. The van der Waals surface area contributed by atoms with E-state index in [2.05, 4.69) is 33.9 Å². The molecule has 0 bridgehead atoms. The molecule has 22 heavy (non-hydrogen) atoms. The molecular weight excluding hydrogens is 296 g/mol. The van der Waals surface area contributed by atoms with Crippen LogP contribution in [0.25, 0.3) is 0 Å². The third kappa shape index (κ3) is 5.64. The molecule has 0 unspecified atom stereocenters. The van der Waals surface area contributed by atoms with E-state index in [1.807, 2.05) is 24.3 Å². The van der Waals surface area contributed by atoms with Crippen molar-refractivity contribution in [3.63, 3.8) is 0 Å². The molecule has 0 heterocycles. The monoisotopic (exact) mass is 322 g/mol. The zero-order valence-electron chi connectivity index (χ0n) is 14.4. The molecule has 0 amide bonds. The van der Waals surface area contributed by atoms with Crippen molar-refractivity contribution in [1.82, 2.24) is 0 Å². The van der Waals surface area contributed by atoms with Crippen LogP contribution in [0.2, 0.25) is 18.1 Å². The topological polar surface area (TPSA) is 52.6 Å². The van der Waals surface area contributed by atoms with Crippen LogP contribution in [0, 0.1) is 0 Å². The summed E-state index contributed by atoms with van der Waals surface area (Å²) in [6, 6.07) is 7.47. The van der Waals surface area contributed by atoms with Gasteiger partial charge in [0.1, 0.15) is 6.61 Å². The van der Waals surface area contributed by atoms with E-state index in [-0.39, 0.29) is 30.0 Å². The van der Waals surface area contributed by atoms with Crippen molar-refractivity contribution in [1.29, 1.82) is 0 Å². The lowest BCUT2D eigenvalue weighted by Crippen LogP contribution is -2.43. The van der Waals surface area contributed by atoms with Gasteiger partial charge in [-0.3, -0.25) is 9.59 Å². The lowest BCUT2D eigenvalue weighted by Gasteiger charge is -2.35.